The van der Waals surface area contributed by atoms with Crippen LogP contribution in [0.2, 0.25) is 0 Å². The van der Waals surface area contributed by atoms with Gasteiger partial charge in [-0.1, -0.05) is 140 Å². The lowest BCUT2D eigenvalue weighted by atomic mass is 10.0. The van der Waals surface area contributed by atoms with Crippen LogP contribution in [-0.4, -0.2) is 23.1 Å². The highest BCUT2D eigenvalue weighted by molar-refractivity contribution is 5.69. The molecule has 1 N–H and O–H groups in total. The molecule has 0 spiro atoms. The zero-order chi connectivity index (χ0) is 30.8. The topological polar surface area (TPSA) is 63.6 Å². The number of rotatable bonds is 31. The first-order valence-electron chi connectivity index (χ1n) is 17.6. The molecule has 0 aromatic heterocycles. The summed E-state index contributed by atoms with van der Waals surface area (Å²) in [5.74, 6) is -0.693. The van der Waals surface area contributed by atoms with Gasteiger partial charge in [-0.05, 0) is 70.6 Å². The molecular formula is C38H66O4. The standard InChI is InChI=1S/C38H66O4/c1-3-5-6-7-8-9-10-11-12-17-20-23-26-29-32-35-38(41)42-36(4-2)33-30-27-24-21-18-15-13-14-16-19-22-25-28-31-34-37(39)40/h5-6,8-9,11-12,20,23,36H,3-4,7,10,13-19,21-22,24-35H2,1-2H3,(H,39,40)/b6-5-,9-8-,12-11-,23-20-. The second-order valence-corrected chi connectivity index (χ2v) is 11.6. The second kappa shape index (κ2) is 33.4. The molecular weight excluding hydrogens is 520 g/mol. The number of aliphatic carboxylic acids is 1. The molecule has 1 unspecified atom stereocenters. The van der Waals surface area contributed by atoms with E-state index >= 15 is 0 Å². The Kier molecular flexibility index (Phi) is 31.7. The van der Waals surface area contributed by atoms with Crippen molar-refractivity contribution in [2.45, 2.75) is 180 Å². The Morgan fingerprint density at radius 2 is 0.976 bits per heavy atom. The quantitative estimate of drug-likeness (QED) is 0.0498. The summed E-state index contributed by atoms with van der Waals surface area (Å²) in [5.41, 5.74) is 0. The van der Waals surface area contributed by atoms with Gasteiger partial charge in [0.2, 0.25) is 0 Å². The third-order valence-electron chi connectivity index (χ3n) is 7.64. The Morgan fingerprint density at radius 1 is 0.548 bits per heavy atom. The van der Waals surface area contributed by atoms with Crippen LogP contribution in [0.25, 0.3) is 0 Å². The Morgan fingerprint density at radius 3 is 1.45 bits per heavy atom. The van der Waals surface area contributed by atoms with E-state index in [0.29, 0.717) is 12.8 Å². The van der Waals surface area contributed by atoms with Crippen molar-refractivity contribution in [3.8, 4) is 0 Å². The van der Waals surface area contributed by atoms with Gasteiger partial charge < -0.3 is 9.84 Å². The molecule has 42 heavy (non-hydrogen) atoms. The second-order valence-electron chi connectivity index (χ2n) is 11.6. The fourth-order valence-corrected chi connectivity index (χ4v) is 4.99. The lowest BCUT2D eigenvalue weighted by Gasteiger charge is -2.16. The van der Waals surface area contributed by atoms with E-state index in [2.05, 4.69) is 62.5 Å². The molecule has 4 nitrogen and oxygen atoms in total. The molecule has 0 aliphatic rings. The minimum atomic E-state index is -0.670. The van der Waals surface area contributed by atoms with Crippen LogP contribution in [-0.2, 0) is 14.3 Å². The number of ether oxygens (including phenoxy) is 1. The first-order chi connectivity index (χ1) is 20.6. The predicted octanol–water partition coefficient (Wildman–Crippen LogP) is 12.0. The van der Waals surface area contributed by atoms with Gasteiger partial charge in [0.05, 0.1) is 0 Å². The number of allylic oxidation sites excluding steroid dienone is 8. The van der Waals surface area contributed by atoms with Crippen LogP contribution in [0.4, 0.5) is 0 Å². The van der Waals surface area contributed by atoms with Crippen molar-refractivity contribution in [3.05, 3.63) is 48.6 Å². The van der Waals surface area contributed by atoms with Crippen LogP contribution in [0.1, 0.15) is 174 Å². The molecule has 0 amide bonds. The molecule has 242 valence electrons. The van der Waals surface area contributed by atoms with Crippen LogP contribution in [0.15, 0.2) is 48.6 Å². The Bertz CT molecular complexity index is 719. The number of carbonyl (C=O) groups excluding carboxylic acids is 1. The Labute approximate surface area is 260 Å². The summed E-state index contributed by atoms with van der Waals surface area (Å²) in [6.07, 6.45) is 45.0. The highest BCUT2D eigenvalue weighted by Crippen LogP contribution is 2.16. The highest BCUT2D eigenvalue weighted by Gasteiger charge is 2.12. The normalized spacial score (nSPS) is 12.8. The summed E-state index contributed by atoms with van der Waals surface area (Å²) in [6, 6.07) is 0. The molecule has 1 atom stereocenters. The Hall–Kier alpha value is -2.10. The van der Waals surface area contributed by atoms with E-state index in [9.17, 15) is 9.59 Å². The molecule has 0 radical (unpaired) electrons. The van der Waals surface area contributed by atoms with Crippen molar-refractivity contribution < 1.29 is 19.4 Å². The average molecular weight is 587 g/mol. The summed E-state index contributed by atoms with van der Waals surface area (Å²) < 4.78 is 5.75. The summed E-state index contributed by atoms with van der Waals surface area (Å²) in [6.45, 7) is 4.28. The number of unbranched alkanes of at least 4 members (excludes halogenated alkanes) is 15. The predicted molar refractivity (Wildman–Crippen MR) is 181 cm³/mol. The van der Waals surface area contributed by atoms with Gasteiger partial charge in [0.25, 0.3) is 0 Å². The third kappa shape index (κ3) is 32.4. The number of carbonyl (C=O) groups is 2. The van der Waals surface area contributed by atoms with E-state index in [-0.39, 0.29) is 12.1 Å². The van der Waals surface area contributed by atoms with E-state index in [1.54, 1.807) is 0 Å². The van der Waals surface area contributed by atoms with Gasteiger partial charge in [-0.3, -0.25) is 9.59 Å². The van der Waals surface area contributed by atoms with Crippen molar-refractivity contribution in [1.29, 1.82) is 0 Å². The summed E-state index contributed by atoms with van der Waals surface area (Å²) in [7, 11) is 0. The van der Waals surface area contributed by atoms with E-state index in [1.165, 1.54) is 70.6 Å². The van der Waals surface area contributed by atoms with Crippen LogP contribution in [0.3, 0.4) is 0 Å². The van der Waals surface area contributed by atoms with Crippen molar-refractivity contribution in [3.63, 3.8) is 0 Å². The van der Waals surface area contributed by atoms with Gasteiger partial charge >= 0.3 is 11.9 Å². The monoisotopic (exact) mass is 586 g/mol. The first-order valence-corrected chi connectivity index (χ1v) is 17.6. The maximum atomic E-state index is 12.3. The van der Waals surface area contributed by atoms with Crippen LogP contribution >= 0.6 is 0 Å². The number of esters is 1. The maximum Gasteiger partial charge on any atom is 0.306 e. The molecule has 0 aliphatic carbocycles. The third-order valence-corrected chi connectivity index (χ3v) is 7.64. The molecule has 4 heteroatoms. The van der Waals surface area contributed by atoms with E-state index in [0.717, 1.165) is 77.0 Å². The minimum absolute atomic E-state index is 0.0230. The van der Waals surface area contributed by atoms with Crippen molar-refractivity contribution in [2.75, 3.05) is 0 Å². The Balaban J connectivity index is 3.53. The number of carboxylic acids is 1. The molecule has 0 aromatic rings. The lowest BCUT2D eigenvalue weighted by Crippen LogP contribution is -2.17. The van der Waals surface area contributed by atoms with Crippen molar-refractivity contribution in [2.24, 2.45) is 0 Å². The van der Waals surface area contributed by atoms with Gasteiger partial charge in [0, 0.05) is 12.8 Å². The zero-order valence-corrected chi connectivity index (χ0v) is 27.5. The van der Waals surface area contributed by atoms with Gasteiger partial charge in [-0.25, -0.2) is 0 Å². The summed E-state index contributed by atoms with van der Waals surface area (Å²) in [4.78, 5) is 22.7. The molecule has 0 saturated carbocycles. The average Bonchev–Trinajstić information content (AvgIpc) is 2.98. The lowest BCUT2D eigenvalue weighted by molar-refractivity contribution is -0.149. The maximum absolute atomic E-state index is 12.3. The highest BCUT2D eigenvalue weighted by atomic mass is 16.5. The van der Waals surface area contributed by atoms with Gasteiger partial charge in [0.15, 0.2) is 0 Å². The number of hydrogen-bond acceptors (Lipinski definition) is 3. The molecule has 0 heterocycles. The van der Waals surface area contributed by atoms with Crippen LogP contribution in [0, 0.1) is 0 Å². The van der Waals surface area contributed by atoms with Crippen molar-refractivity contribution >= 4 is 11.9 Å². The van der Waals surface area contributed by atoms with Gasteiger partial charge in [-0.15, -0.1) is 0 Å². The smallest absolute Gasteiger partial charge is 0.306 e. The van der Waals surface area contributed by atoms with E-state index in [1.807, 2.05) is 0 Å². The number of carboxylic acid groups (broad SMARTS) is 1. The molecule has 0 bridgehead atoms. The first kappa shape index (κ1) is 39.9. The molecule has 0 fully saturated rings. The van der Waals surface area contributed by atoms with Crippen LogP contribution in [0.5, 0.6) is 0 Å². The van der Waals surface area contributed by atoms with Gasteiger partial charge in [0.1, 0.15) is 6.10 Å². The largest absolute Gasteiger partial charge is 0.481 e. The van der Waals surface area contributed by atoms with Crippen LogP contribution < -0.4 is 0 Å². The van der Waals surface area contributed by atoms with Gasteiger partial charge in [-0.2, -0.15) is 0 Å². The van der Waals surface area contributed by atoms with E-state index < -0.39 is 5.97 Å². The zero-order valence-electron chi connectivity index (χ0n) is 27.5. The van der Waals surface area contributed by atoms with Crippen molar-refractivity contribution in [1.82, 2.24) is 0 Å². The minimum Gasteiger partial charge on any atom is -0.481 e. The summed E-state index contributed by atoms with van der Waals surface area (Å²) in [5, 5.41) is 8.64. The molecule has 0 aromatic carbocycles. The number of hydrogen-bond donors (Lipinski definition) is 1. The molecule has 0 rings (SSSR count). The molecule has 0 aliphatic heterocycles. The van der Waals surface area contributed by atoms with E-state index in [4.69, 9.17) is 9.84 Å². The molecule has 0 saturated heterocycles. The fraction of sp³-hybridized carbons (Fsp3) is 0.737. The summed E-state index contributed by atoms with van der Waals surface area (Å²) >= 11 is 0. The SMILES string of the molecule is CC/C=C\C/C=C\C/C=C\C/C=C\CCCCC(=O)OC(CC)CCCCCCCCCCCCCCCCC(=O)O. The fourth-order valence-electron chi connectivity index (χ4n) is 4.99.